The van der Waals surface area contributed by atoms with Gasteiger partial charge in [-0.1, -0.05) is 0 Å². The van der Waals surface area contributed by atoms with E-state index in [1.165, 1.54) is 6.26 Å². The van der Waals surface area contributed by atoms with Crippen LogP contribution in [0.5, 0.6) is 0 Å². The number of oxazole rings is 1. The summed E-state index contributed by atoms with van der Waals surface area (Å²) in [6.45, 7) is 5.24. The summed E-state index contributed by atoms with van der Waals surface area (Å²) in [6, 6.07) is 3.82. The topological polar surface area (TPSA) is 150 Å². The van der Waals surface area contributed by atoms with Gasteiger partial charge in [-0.15, -0.1) is 0 Å². The molecule has 0 unspecified atom stereocenters. The molecule has 11 heteroatoms. The van der Waals surface area contributed by atoms with Crippen molar-refractivity contribution in [2.45, 2.75) is 38.8 Å². The van der Waals surface area contributed by atoms with Crippen LogP contribution < -0.4 is 16.4 Å². The van der Waals surface area contributed by atoms with Crippen molar-refractivity contribution in [1.29, 1.82) is 0 Å². The number of ether oxygens (including phenoxy) is 1. The van der Waals surface area contributed by atoms with Gasteiger partial charge in [-0.2, -0.15) is 5.10 Å². The van der Waals surface area contributed by atoms with Gasteiger partial charge < -0.3 is 25.5 Å². The van der Waals surface area contributed by atoms with Gasteiger partial charge in [-0.25, -0.2) is 9.97 Å². The van der Waals surface area contributed by atoms with Gasteiger partial charge in [-0.3, -0.25) is 14.3 Å². The molecule has 1 aliphatic heterocycles. The summed E-state index contributed by atoms with van der Waals surface area (Å²) in [5, 5.41) is 10.2. The lowest BCUT2D eigenvalue weighted by Crippen LogP contribution is -2.21. The van der Waals surface area contributed by atoms with Gasteiger partial charge in [0.2, 0.25) is 5.89 Å². The molecule has 4 N–H and O–H groups in total. The number of primary amides is 1. The first kappa shape index (κ1) is 21.5. The van der Waals surface area contributed by atoms with Crippen molar-refractivity contribution in [3.63, 3.8) is 0 Å². The summed E-state index contributed by atoms with van der Waals surface area (Å²) in [5.74, 6) is -0.316. The Kier molecular flexibility index (Phi) is 6.17. The number of rotatable bonds is 7. The van der Waals surface area contributed by atoms with Crippen molar-refractivity contribution in [2.75, 3.05) is 23.8 Å². The third-order valence-corrected chi connectivity index (χ3v) is 4.96. The lowest BCUT2D eigenvalue weighted by Gasteiger charge is -2.22. The minimum atomic E-state index is -0.728. The van der Waals surface area contributed by atoms with Gasteiger partial charge in [0.1, 0.15) is 12.1 Å². The Bertz CT molecular complexity index is 1120. The van der Waals surface area contributed by atoms with Crippen LogP contribution in [-0.4, -0.2) is 50.8 Å². The van der Waals surface area contributed by atoms with Crippen molar-refractivity contribution < 1.29 is 18.7 Å². The molecule has 32 heavy (non-hydrogen) atoms. The van der Waals surface area contributed by atoms with E-state index in [1.807, 2.05) is 13.8 Å². The zero-order valence-corrected chi connectivity index (χ0v) is 17.9. The van der Waals surface area contributed by atoms with E-state index in [0.717, 1.165) is 12.8 Å². The van der Waals surface area contributed by atoms with Crippen molar-refractivity contribution in [2.24, 2.45) is 5.73 Å². The summed E-state index contributed by atoms with van der Waals surface area (Å²) < 4.78 is 12.5. The molecule has 0 saturated carbocycles. The van der Waals surface area contributed by atoms with Crippen molar-refractivity contribution >= 4 is 23.3 Å². The molecule has 1 saturated heterocycles. The van der Waals surface area contributed by atoms with E-state index in [4.69, 9.17) is 14.9 Å². The van der Waals surface area contributed by atoms with Crippen LogP contribution in [0.15, 0.2) is 35.2 Å². The van der Waals surface area contributed by atoms with Crippen LogP contribution in [0.2, 0.25) is 0 Å². The van der Waals surface area contributed by atoms with Gasteiger partial charge in [0.05, 0.1) is 11.7 Å². The van der Waals surface area contributed by atoms with Crippen LogP contribution in [0.1, 0.15) is 53.7 Å². The Balaban J connectivity index is 1.52. The molecule has 2 amide bonds. The van der Waals surface area contributed by atoms with Crippen LogP contribution in [0, 0.1) is 0 Å². The first-order valence-electron chi connectivity index (χ1n) is 10.4. The van der Waals surface area contributed by atoms with E-state index < -0.39 is 11.8 Å². The van der Waals surface area contributed by atoms with Crippen LogP contribution in [-0.2, 0) is 4.74 Å². The highest BCUT2D eigenvalue weighted by Gasteiger charge is 2.23. The molecular formula is C21H25N7O4. The van der Waals surface area contributed by atoms with Gasteiger partial charge in [0.25, 0.3) is 11.8 Å². The molecule has 4 heterocycles. The van der Waals surface area contributed by atoms with E-state index in [1.54, 1.807) is 29.2 Å². The van der Waals surface area contributed by atoms with Crippen molar-refractivity contribution in [3.05, 3.63) is 42.2 Å². The number of nitrogens with one attached hydrogen (secondary N) is 2. The van der Waals surface area contributed by atoms with E-state index in [2.05, 4.69) is 25.7 Å². The van der Waals surface area contributed by atoms with Gasteiger partial charge in [0.15, 0.2) is 11.4 Å². The number of nitrogens with two attached hydrogens (primary N) is 1. The lowest BCUT2D eigenvalue weighted by atomic mass is 10.1. The monoisotopic (exact) mass is 439 g/mol. The fourth-order valence-electron chi connectivity index (χ4n) is 3.44. The molecule has 3 aromatic heterocycles. The van der Waals surface area contributed by atoms with Gasteiger partial charge >= 0.3 is 0 Å². The second-order valence-corrected chi connectivity index (χ2v) is 7.80. The van der Waals surface area contributed by atoms with Crippen molar-refractivity contribution in [1.82, 2.24) is 19.7 Å². The predicted octanol–water partition coefficient (Wildman–Crippen LogP) is 2.46. The molecule has 0 radical (unpaired) electrons. The smallest absolute Gasteiger partial charge is 0.277 e. The first-order chi connectivity index (χ1) is 15.4. The fourth-order valence-corrected chi connectivity index (χ4v) is 3.44. The Labute approximate surface area is 184 Å². The Morgan fingerprint density at radius 3 is 2.78 bits per heavy atom. The van der Waals surface area contributed by atoms with E-state index in [9.17, 15) is 9.59 Å². The molecule has 1 aliphatic rings. The number of aromatic nitrogens is 4. The minimum absolute atomic E-state index is 0.00732. The summed E-state index contributed by atoms with van der Waals surface area (Å²) in [4.78, 5) is 33.1. The Morgan fingerprint density at radius 2 is 2.06 bits per heavy atom. The molecule has 3 aromatic rings. The molecule has 4 rings (SSSR count). The lowest BCUT2D eigenvalue weighted by molar-refractivity contribution is 0.0661. The molecule has 1 fully saturated rings. The summed E-state index contributed by atoms with van der Waals surface area (Å²) in [5.41, 5.74) is 6.42. The SMILES string of the molecule is CC(C)Nc1cc(-c2nc(C(=O)Nc3cn(C4CCOCC4)nc3C(N)=O)co2)ccn1. The largest absolute Gasteiger partial charge is 0.444 e. The maximum absolute atomic E-state index is 12.8. The predicted molar refractivity (Wildman–Crippen MR) is 116 cm³/mol. The zero-order valence-electron chi connectivity index (χ0n) is 17.9. The highest BCUT2D eigenvalue weighted by molar-refractivity contribution is 6.07. The molecule has 0 aromatic carbocycles. The number of amides is 2. The number of hydrogen-bond donors (Lipinski definition) is 3. The number of pyridine rings is 1. The number of hydrogen-bond acceptors (Lipinski definition) is 8. The molecular weight excluding hydrogens is 414 g/mol. The summed E-state index contributed by atoms with van der Waals surface area (Å²) >= 11 is 0. The average Bonchev–Trinajstić information content (AvgIpc) is 3.42. The van der Waals surface area contributed by atoms with Gasteiger partial charge in [-0.05, 0) is 38.8 Å². The standard InChI is InChI=1S/C21H25N7O4/c1-12(2)24-17-9-13(3-6-23-17)21-26-16(11-32-21)20(30)25-15-10-28(27-18(15)19(22)29)14-4-7-31-8-5-14/h3,6,9-12,14H,4-5,7-8H2,1-2H3,(H2,22,29)(H,23,24)(H,25,30). The minimum Gasteiger partial charge on any atom is -0.444 e. The maximum atomic E-state index is 12.8. The molecule has 11 nitrogen and oxygen atoms in total. The van der Waals surface area contributed by atoms with Crippen LogP contribution in [0.3, 0.4) is 0 Å². The maximum Gasteiger partial charge on any atom is 0.277 e. The van der Waals surface area contributed by atoms with Crippen molar-refractivity contribution in [3.8, 4) is 11.5 Å². The molecule has 0 atom stereocenters. The highest BCUT2D eigenvalue weighted by Crippen LogP contribution is 2.25. The molecule has 0 spiro atoms. The number of carbonyl (C=O) groups is 2. The number of carbonyl (C=O) groups excluding carboxylic acids is 2. The second-order valence-electron chi connectivity index (χ2n) is 7.80. The highest BCUT2D eigenvalue weighted by atomic mass is 16.5. The second kappa shape index (κ2) is 9.18. The average molecular weight is 439 g/mol. The van der Waals surface area contributed by atoms with Crippen LogP contribution >= 0.6 is 0 Å². The van der Waals surface area contributed by atoms with E-state index in [-0.39, 0.29) is 35.0 Å². The van der Waals surface area contributed by atoms with E-state index >= 15 is 0 Å². The third kappa shape index (κ3) is 4.78. The molecule has 0 aliphatic carbocycles. The number of anilines is 2. The molecule has 168 valence electrons. The van der Waals surface area contributed by atoms with Crippen LogP contribution in [0.4, 0.5) is 11.5 Å². The fraction of sp³-hybridized carbons (Fsp3) is 0.381. The first-order valence-corrected chi connectivity index (χ1v) is 10.4. The van der Waals surface area contributed by atoms with E-state index in [0.29, 0.717) is 24.6 Å². The Morgan fingerprint density at radius 1 is 1.28 bits per heavy atom. The quantitative estimate of drug-likeness (QED) is 0.508. The molecule has 0 bridgehead atoms. The summed E-state index contributed by atoms with van der Waals surface area (Å²) in [6.07, 6.45) is 6.03. The zero-order chi connectivity index (χ0) is 22.7. The van der Waals surface area contributed by atoms with Crippen LogP contribution in [0.25, 0.3) is 11.5 Å². The normalized spacial score (nSPS) is 14.5. The summed E-state index contributed by atoms with van der Waals surface area (Å²) in [7, 11) is 0. The number of nitrogens with zero attached hydrogens (tertiary/aromatic N) is 4. The third-order valence-electron chi connectivity index (χ3n) is 4.96. The Hall–Kier alpha value is -3.73. The van der Waals surface area contributed by atoms with Gasteiger partial charge in [0, 0.05) is 37.2 Å².